The fraction of sp³-hybridized carbons (Fsp3) is 0.208. The first-order valence-corrected chi connectivity index (χ1v) is 9.82. The number of nitrogens with one attached hydrogen (secondary N) is 1. The fourth-order valence-corrected chi connectivity index (χ4v) is 2.75. The minimum absolute atomic E-state index is 0.0445. The number of aromatic nitrogens is 1. The van der Waals surface area contributed by atoms with Crippen LogP contribution in [0.15, 0.2) is 82.8 Å². The zero-order valence-electron chi connectivity index (χ0n) is 17.1. The molecule has 0 saturated heterocycles. The van der Waals surface area contributed by atoms with Gasteiger partial charge in [0.25, 0.3) is 11.5 Å². The predicted octanol–water partition coefficient (Wildman–Crippen LogP) is 3.70. The molecule has 0 aliphatic heterocycles. The second kappa shape index (κ2) is 10.2. The van der Waals surface area contributed by atoms with E-state index >= 15 is 0 Å². The number of hydrogen-bond donors (Lipinski definition) is 1. The Labute approximate surface area is 175 Å². The summed E-state index contributed by atoms with van der Waals surface area (Å²) in [7, 11) is 0. The summed E-state index contributed by atoms with van der Waals surface area (Å²) in [5.74, 6) is 0.695. The van der Waals surface area contributed by atoms with E-state index in [0.29, 0.717) is 19.1 Å². The largest absolute Gasteiger partial charge is 0.493 e. The van der Waals surface area contributed by atoms with E-state index in [-0.39, 0.29) is 11.1 Å². The van der Waals surface area contributed by atoms with Gasteiger partial charge in [-0.1, -0.05) is 44.2 Å². The van der Waals surface area contributed by atoms with E-state index in [9.17, 15) is 9.59 Å². The van der Waals surface area contributed by atoms with Crippen LogP contribution in [0.4, 0.5) is 0 Å². The van der Waals surface area contributed by atoms with Crippen molar-refractivity contribution >= 4 is 12.1 Å². The topological polar surface area (TPSA) is 72.7 Å². The molecule has 0 radical (unpaired) electrons. The zero-order valence-corrected chi connectivity index (χ0v) is 17.1. The van der Waals surface area contributed by atoms with Crippen LogP contribution < -0.4 is 15.7 Å². The maximum Gasteiger partial charge on any atom is 0.276 e. The molecular formula is C24H25N3O3. The number of nitrogens with zero attached hydrogens (tertiary/aromatic N) is 2. The van der Waals surface area contributed by atoms with Crippen LogP contribution in [0.5, 0.6) is 5.75 Å². The molecule has 1 aromatic heterocycles. The van der Waals surface area contributed by atoms with Crippen molar-refractivity contribution in [1.82, 2.24) is 9.99 Å². The molecule has 6 heteroatoms. The van der Waals surface area contributed by atoms with Crippen molar-refractivity contribution in [3.8, 4) is 5.75 Å². The Balaban J connectivity index is 1.62. The third kappa shape index (κ3) is 5.91. The minimum atomic E-state index is -0.546. The number of benzene rings is 2. The van der Waals surface area contributed by atoms with E-state index in [1.54, 1.807) is 12.3 Å². The fourth-order valence-electron chi connectivity index (χ4n) is 2.75. The molecule has 0 unspecified atom stereocenters. The number of hydrogen-bond acceptors (Lipinski definition) is 4. The van der Waals surface area contributed by atoms with Crippen molar-refractivity contribution in [1.29, 1.82) is 0 Å². The lowest BCUT2D eigenvalue weighted by molar-refractivity contribution is 0.0953. The van der Waals surface area contributed by atoms with Crippen molar-refractivity contribution in [2.75, 3.05) is 6.61 Å². The van der Waals surface area contributed by atoms with Crippen molar-refractivity contribution in [2.45, 2.75) is 20.4 Å². The van der Waals surface area contributed by atoms with Crippen LogP contribution in [0.3, 0.4) is 0 Å². The van der Waals surface area contributed by atoms with Crippen LogP contribution >= 0.6 is 0 Å². The number of ether oxygens (including phenoxy) is 1. The smallest absolute Gasteiger partial charge is 0.276 e. The number of pyridine rings is 1. The van der Waals surface area contributed by atoms with Crippen LogP contribution in [-0.4, -0.2) is 23.3 Å². The van der Waals surface area contributed by atoms with Gasteiger partial charge in [-0.25, -0.2) is 5.43 Å². The lowest BCUT2D eigenvalue weighted by Gasteiger charge is -2.08. The molecule has 6 nitrogen and oxygen atoms in total. The van der Waals surface area contributed by atoms with E-state index in [0.717, 1.165) is 16.9 Å². The number of rotatable bonds is 8. The Hall–Kier alpha value is -3.67. The van der Waals surface area contributed by atoms with Gasteiger partial charge in [0.05, 0.1) is 19.4 Å². The summed E-state index contributed by atoms with van der Waals surface area (Å²) in [6.07, 6.45) is 3.19. The first-order chi connectivity index (χ1) is 14.5. The third-order valence-electron chi connectivity index (χ3n) is 4.30. The number of amides is 1. The molecule has 0 atom stereocenters. The van der Waals surface area contributed by atoms with E-state index in [4.69, 9.17) is 4.74 Å². The van der Waals surface area contributed by atoms with Gasteiger partial charge in [-0.3, -0.25) is 9.59 Å². The lowest BCUT2D eigenvalue weighted by Crippen LogP contribution is -2.30. The first-order valence-electron chi connectivity index (χ1n) is 9.82. The average Bonchev–Trinajstić information content (AvgIpc) is 2.75. The number of carbonyl (C=O) groups is 1. The van der Waals surface area contributed by atoms with Gasteiger partial charge in [-0.15, -0.1) is 0 Å². The van der Waals surface area contributed by atoms with Gasteiger partial charge < -0.3 is 9.30 Å². The molecule has 0 aliphatic carbocycles. The van der Waals surface area contributed by atoms with Crippen LogP contribution in [0, 0.1) is 5.92 Å². The van der Waals surface area contributed by atoms with Crippen molar-refractivity contribution in [2.24, 2.45) is 11.0 Å². The second-order valence-corrected chi connectivity index (χ2v) is 7.31. The normalized spacial score (nSPS) is 11.0. The summed E-state index contributed by atoms with van der Waals surface area (Å²) in [5, 5.41) is 3.96. The molecule has 3 rings (SSSR count). The maximum absolute atomic E-state index is 12.6. The quantitative estimate of drug-likeness (QED) is 0.460. The molecule has 0 aliphatic rings. The van der Waals surface area contributed by atoms with Gasteiger partial charge in [0.15, 0.2) is 0 Å². The standard InChI is InChI=1S/C24H25N3O3/c1-18(2)17-30-21-12-10-19(11-13-21)15-25-26-23(28)22-9-6-14-27(24(22)29)16-20-7-4-3-5-8-20/h3-15,18H,16-17H2,1-2H3,(H,26,28)/b25-15-. The average molecular weight is 403 g/mol. The molecule has 0 bridgehead atoms. The molecule has 0 fully saturated rings. The monoisotopic (exact) mass is 403 g/mol. The van der Waals surface area contributed by atoms with Gasteiger partial charge in [-0.2, -0.15) is 5.10 Å². The van der Waals surface area contributed by atoms with Gasteiger partial charge in [-0.05, 0) is 53.4 Å². The second-order valence-electron chi connectivity index (χ2n) is 7.31. The highest BCUT2D eigenvalue weighted by Crippen LogP contribution is 2.12. The van der Waals surface area contributed by atoms with Gasteiger partial charge in [0.2, 0.25) is 0 Å². The Bertz CT molecular complexity index is 1060. The van der Waals surface area contributed by atoms with Crippen LogP contribution in [-0.2, 0) is 6.54 Å². The number of carbonyl (C=O) groups excluding carboxylic acids is 1. The zero-order chi connectivity index (χ0) is 21.3. The Morgan fingerprint density at radius 3 is 2.50 bits per heavy atom. The van der Waals surface area contributed by atoms with Crippen molar-refractivity contribution in [3.05, 3.63) is 100.0 Å². The molecule has 154 valence electrons. The maximum atomic E-state index is 12.6. The third-order valence-corrected chi connectivity index (χ3v) is 4.30. The summed E-state index contributed by atoms with van der Waals surface area (Å²) in [5.41, 5.74) is 3.89. The van der Waals surface area contributed by atoms with E-state index in [1.807, 2.05) is 54.6 Å². The molecule has 0 saturated carbocycles. The van der Waals surface area contributed by atoms with Gasteiger partial charge in [0, 0.05) is 6.20 Å². The highest BCUT2D eigenvalue weighted by Gasteiger charge is 2.11. The summed E-state index contributed by atoms with van der Waals surface area (Å²) in [6.45, 7) is 5.23. The molecular weight excluding hydrogens is 378 g/mol. The highest BCUT2D eigenvalue weighted by molar-refractivity contribution is 5.94. The van der Waals surface area contributed by atoms with Crippen LogP contribution in [0.25, 0.3) is 0 Å². The Kier molecular flexibility index (Phi) is 7.16. The Morgan fingerprint density at radius 1 is 1.07 bits per heavy atom. The van der Waals surface area contributed by atoms with Gasteiger partial charge >= 0.3 is 0 Å². The molecule has 3 aromatic rings. The predicted molar refractivity (Wildman–Crippen MR) is 118 cm³/mol. The van der Waals surface area contributed by atoms with Gasteiger partial charge in [0.1, 0.15) is 11.3 Å². The van der Waals surface area contributed by atoms with Crippen molar-refractivity contribution < 1.29 is 9.53 Å². The summed E-state index contributed by atoms with van der Waals surface area (Å²) in [4.78, 5) is 25.0. The van der Waals surface area contributed by atoms with Crippen molar-refractivity contribution in [3.63, 3.8) is 0 Å². The minimum Gasteiger partial charge on any atom is -0.493 e. The highest BCUT2D eigenvalue weighted by atomic mass is 16.5. The molecule has 0 spiro atoms. The van der Waals surface area contributed by atoms with Crippen LogP contribution in [0.1, 0.15) is 35.3 Å². The number of hydrazone groups is 1. The molecule has 1 heterocycles. The molecule has 2 aromatic carbocycles. The summed E-state index contributed by atoms with van der Waals surface area (Å²) >= 11 is 0. The summed E-state index contributed by atoms with van der Waals surface area (Å²) < 4.78 is 7.14. The molecule has 1 amide bonds. The van der Waals surface area contributed by atoms with Crippen LogP contribution in [0.2, 0.25) is 0 Å². The Morgan fingerprint density at radius 2 is 1.80 bits per heavy atom. The molecule has 1 N–H and O–H groups in total. The molecule has 30 heavy (non-hydrogen) atoms. The summed E-state index contributed by atoms with van der Waals surface area (Å²) in [6, 6.07) is 20.2. The van der Waals surface area contributed by atoms with E-state index in [2.05, 4.69) is 24.4 Å². The SMILES string of the molecule is CC(C)COc1ccc(/C=N\NC(=O)c2cccn(Cc3ccccc3)c2=O)cc1. The first kappa shape index (κ1) is 21.0. The lowest BCUT2D eigenvalue weighted by atomic mass is 10.2. The van der Waals surface area contributed by atoms with E-state index in [1.165, 1.54) is 16.8 Å². The van der Waals surface area contributed by atoms with E-state index < -0.39 is 5.91 Å².